The maximum Gasteiger partial charge on any atom is 0.410 e. The van der Waals surface area contributed by atoms with Gasteiger partial charge < -0.3 is 23.9 Å². The summed E-state index contributed by atoms with van der Waals surface area (Å²) in [6.07, 6.45) is 0.00975. The van der Waals surface area contributed by atoms with E-state index in [0.717, 1.165) is 27.7 Å². The molecule has 0 saturated carbocycles. The normalized spacial score (nSPS) is 17.6. The van der Waals surface area contributed by atoms with Gasteiger partial charge in [-0.1, -0.05) is 54.1 Å². The Bertz CT molecular complexity index is 1380. The van der Waals surface area contributed by atoms with Gasteiger partial charge in [0.05, 0.1) is 13.2 Å². The number of rotatable bonds is 6. The third-order valence-electron chi connectivity index (χ3n) is 6.80. The Labute approximate surface area is 219 Å². The molecule has 1 saturated heterocycles. The molecule has 37 heavy (non-hydrogen) atoms. The third kappa shape index (κ3) is 5.03. The first-order valence-corrected chi connectivity index (χ1v) is 12.8. The van der Waals surface area contributed by atoms with Gasteiger partial charge in [-0.25, -0.2) is 4.79 Å². The fourth-order valence-corrected chi connectivity index (χ4v) is 5.19. The number of hydrogen-bond acceptors (Lipinski definition) is 5. The molecule has 1 amide bonds. The summed E-state index contributed by atoms with van der Waals surface area (Å²) in [5, 5.41) is 1.77. The molecule has 2 aliphatic heterocycles. The van der Waals surface area contributed by atoms with Gasteiger partial charge in [0.25, 0.3) is 0 Å². The Hall–Kier alpha value is -3.52. The van der Waals surface area contributed by atoms with E-state index in [0.29, 0.717) is 43.6 Å². The van der Waals surface area contributed by atoms with Crippen molar-refractivity contribution in [3.63, 3.8) is 0 Å². The summed E-state index contributed by atoms with van der Waals surface area (Å²) in [4.78, 5) is 18.7. The number of H-pyrrole nitrogens is 1. The van der Waals surface area contributed by atoms with Crippen molar-refractivity contribution in [3.05, 3.63) is 100 Å². The van der Waals surface area contributed by atoms with E-state index in [1.165, 1.54) is 5.56 Å². The molecule has 1 unspecified atom stereocenters. The smallest absolute Gasteiger partial charge is 0.410 e. The van der Waals surface area contributed by atoms with Gasteiger partial charge in [0.15, 0.2) is 6.29 Å². The monoisotopic (exact) mass is 518 g/mol. The summed E-state index contributed by atoms with van der Waals surface area (Å²) in [6, 6.07) is 23.0. The van der Waals surface area contributed by atoms with E-state index in [2.05, 4.69) is 4.98 Å². The number of amides is 1. The molecule has 190 valence electrons. The Morgan fingerprint density at radius 2 is 1.81 bits per heavy atom. The summed E-state index contributed by atoms with van der Waals surface area (Å²) in [5.41, 5.74) is 5.04. The Kier molecular flexibility index (Phi) is 6.74. The van der Waals surface area contributed by atoms with Crippen molar-refractivity contribution in [1.29, 1.82) is 0 Å². The second kappa shape index (κ2) is 10.5. The summed E-state index contributed by atoms with van der Waals surface area (Å²) < 4.78 is 22.5. The largest absolute Gasteiger partial charge is 0.488 e. The second-order valence-electron chi connectivity index (χ2n) is 9.14. The molecule has 1 fully saturated rings. The first kappa shape index (κ1) is 23.9. The van der Waals surface area contributed by atoms with Crippen LogP contribution in [0.5, 0.6) is 5.75 Å². The molecule has 1 aromatic heterocycles. The zero-order chi connectivity index (χ0) is 25.2. The molecule has 7 nitrogen and oxygen atoms in total. The molecule has 8 heteroatoms. The summed E-state index contributed by atoms with van der Waals surface area (Å²) in [7, 11) is 0. The number of aromatic amines is 1. The van der Waals surface area contributed by atoms with E-state index in [1.54, 1.807) is 4.90 Å². The molecule has 3 aromatic carbocycles. The molecule has 4 aromatic rings. The molecule has 1 N–H and O–H groups in total. The van der Waals surface area contributed by atoms with Crippen LogP contribution in [-0.2, 0) is 27.2 Å². The van der Waals surface area contributed by atoms with Crippen LogP contribution in [0.4, 0.5) is 4.79 Å². The predicted molar refractivity (Wildman–Crippen MR) is 140 cm³/mol. The molecular weight excluding hydrogens is 492 g/mol. The predicted octanol–water partition coefficient (Wildman–Crippen LogP) is 5.86. The van der Waals surface area contributed by atoms with Crippen LogP contribution in [-0.4, -0.2) is 48.6 Å². The zero-order valence-electron chi connectivity index (χ0n) is 20.2. The van der Waals surface area contributed by atoms with Crippen LogP contribution in [0.25, 0.3) is 10.9 Å². The third-order valence-corrected chi connectivity index (χ3v) is 7.04. The number of carbonyl (C=O) groups excluding carboxylic acids is 1. The molecule has 1 atom stereocenters. The van der Waals surface area contributed by atoms with Gasteiger partial charge in [0.1, 0.15) is 25.0 Å². The van der Waals surface area contributed by atoms with Crippen LogP contribution in [0, 0.1) is 0 Å². The van der Waals surface area contributed by atoms with Crippen LogP contribution in [0.1, 0.15) is 28.4 Å². The molecular formula is C29H27ClN2O5. The topological polar surface area (TPSA) is 73.0 Å². The van der Waals surface area contributed by atoms with Gasteiger partial charge in [-0.3, -0.25) is 4.90 Å². The lowest BCUT2D eigenvalue weighted by Crippen LogP contribution is -2.40. The number of benzene rings is 3. The second-order valence-corrected chi connectivity index (χ2v) is 9.58. The van der Waals surface area contributed by atoms with Crippen molar-refractivity contribution >= 4 is 28.6 Å². The van der Waals surface area contributed by atoms with Crippen molar-refractivity contribution in [1.82, 2.24) is 9.88 Å². The van der Waals surface area contributed by atoms with Crippen LogP contribution >= 0.6 is 11.6 Å². The Morgan fingerprint density at radius 3 is 2.59 bits per heavy atom. The van der Waals surface area contributed by atoms with Crippen molar-refractivity contribution < 1.29 is 23.7 Å². The number of aromatic nitrogens is 1. The van der Waals surface area contributed by atoms with E-state index >= 15 is 0 Å². The number of carbonyl (C=O) groups is 1. The van der Waals surface area contributed by atoms with Gasteiger partial charge in [-0.15, -0.1) is 0 Å². The maximum atomic E-state index is 13.4. The first-order chi connectivity index (χ1) is 18.2. The van der Waals surface area contributed by atoms with Crippen molar-refractivity contribution in [2.24, 2.45) is 0 Å². The van der Waals surface area contributed by atoms with E-state index in [9.17, 15) is 4.79 Å². The molecule has 0 spiro atoms. The van der Waals surface area contributed by atoms with Gasteiger partial charge in [-0.2, -0.15) is 0 Å². The molecule has 0 radical (unpaired) electrons. The number of nitrogens with zero attached hydrogens (tertiary/aromatic N) is 1. The highest BCUT2D eigenvalue weighted by molar-refractivity contribution is 6.31. The summed E-state index contributed by atoms with van der Waals surface area (Å²) in [5.74, 6) is 0.709. The van der Waals surface area contributed by atoms with Crippen LogP contribution < -0.4 is 4.74 Å². The van der Waals surface area contributed by atoms with Gasteiger partial charge in [-0.05, 0) is 53.4 Å². The highest BCUT2D eigenvalue weighted by Crippen LogP contribution is 2.40. The lowest BCUT2D eigenvalue weighted by molar-refractivity contribution is -0.0684. The molecule has 3 heterocycles. The van der Waals surface area contributed by atoms with E-state index in [1.807, 2.05) is 72.8 Å². The quantitative estimate of drug-likeness (QED) is 0.346. The number of nitrogens with one attached hydrogen (secondary N) is 1. The Morgan fingerprint density at radius 1 is 1.03 bits per heavy atom. The summed E-state index contributed by atoms with van der Waals surface area (Å²) in [6.45, 7) is 2.24. The lowest BCUT2D eigenvalue weighted by atomic mass is 9.92. The fraction of sp³-hybridized carbons (Fsp3) is 0.276. The molecule has 0 aliphatic carbocycles. The van der Waals surface area contributed by atoms with Crippen molar-refractivity contribution in [2.75, 3.05) is 26.4 Å². The number of ether oxygens (including phenoxy) is 4. The lowest BCUT2D eigenvalue weighted by Gasteiger charge is -2.35. The van der Waals surface area contributed by atoms with E-state index < -0.39 is 0 Å². The van der Waals surface area contributed by atoms with Gasteiger partial charge >= 0.3 is 6.09 Å². The standard InChI is InChI=1S/C29H27ClN2O5/c30-21-8-11-25-24(16-21)23-12-13-32(29(33)37-17-19-4-2-1-3-5-19)28(27(23)31-25)20-6-9-22(10-7-20)36-18-26-34-14-15-35-26/h1-11,16,26,28,31H,12-15,17-18H2. The van der Waals surface area contributed by atoms with Crippen LogP contribution in [0.3, 0.4) is 0 Å². The zero-order valence-corrected chi connectivity index (χ0v) is 20.9. The average Bonchev–Trinajstić information content (AvgIpc) is 3.59. The number of halogens is 1. The summed E-state index contributed by atoms with van der Waals surface area (Å²) >= 11 is 6.31. The minimum atomic E-state index is -0.355. The molecule has 2 aliphatic rings. The van der Waals surface area contributed by atoms with E-state index in [-0.39, 0.29) is 25.0 Å². The van der Waals surface area contributed by atoms with Gasteiger partial charge in [0, 0.05) is 28.2 Å². The minimum absolute atomic E-state index is 0.218. The first-order valence-electron chi connectivity index (χ1n) is 12.4. The highest BCUT2D eigenvalue weighted by Gasteiger charge is 2.35. The number of fused-ring (bicyclic) bond motifs is 3. The molecule has 6 rings (SSSR count). The number of hydrogen-bond donors (Lipinski definition) is 1. The SMILES string of the molecule is O=C(OCc1ccccc1)N1CCc2c([nH]c3ccc(Cl)cc23)C1c1ccc(OCC2OCCO2)cc1. The van der Waals surface area contributed by atoms with Gasteiger partial charge in [0.2, 0.25) is 0 Å². The van der Waals surface area contributed by atoms with Crippen molar-refractivity contribution in [2.45, 2.75) is 25.4 Å². The minimum Gasteiger partial charge on any atom is -0.488 e. The molecule has 0 bridgehead atoms. The van der Waals surface area contributed by atoms with Crippen molar-refractivity contribution in [3.8, 4) is 5.75 Å². The average molecular weight is 519 g/mol. The maximum absolute atomic E-state index is 13.4. The van der Waals surface area contributed by atoms with Crippen LogP contribution in [0.15, 0.2) is 72.8 Å². The van der Waals surface area contributed by atoms with E-state index in [4.69, 9.17) is 30.5 Å². The fourth-order valence-electron chi connectivity index (χ4n) is 5.02. The van der Waals surface area contributed by atoms with Crippen LogP contribution in [0.2, 0.25) is 5.02 Å². The Balaban J connectivity index is 1.29. The highest BCUT2D eigenvalue weighted by atomic mass is 35.5.